The van der Waals surface area contributed by atoms with E-state index in [4.69, 9.17) is 4.74 Å². The number of carbonyl (C=O) groups excluding carboxylic acids is 1. The van der Waals surface area contributed by atoms with Crippen LogP contribution in [-0.2, 0) is 4.79 Å². The number of para-hydroxylation sites is 2. The van der Waals surface area contributed by atoms with Crippen LogP contribution in [0.5, 0.6) is 5.75 Å². The third-order valence-electron chi connectivity index (χ3n) is 4.32. The third-order valence-corrected chi connectivity index (χ3v) is 4.32. The number of benzene rings is 1. The Hall–Kier alpha value is -1.63. The first-order chi connectivity index (χ1) is 10.6. The number of anilines is 1. The summed E-state index contributed by atoms with van der Waals surface area (Å²) >= 11 is 0. The normalized spacial score (nSPS) is 25.5. The number of ether oxygens (including phenoxy) is 1. The fourth-order valence-corrected chi connectivity index (χ4v) is 3.18. The highest BCUT2D eigenvalue weighted by Gasteiger charge is 2.34. The second-order valence-electron chi connectivity index (χ2n) is 6.06. The highest BCUT2D eigenvalue weighted by Crippen LogP contribution is 2.31. The summed E-state index contributed by atoms with van der Waals surface area (Å²) in [5.74, 6) is 0.727. The SMILES string of the molecule is O=C(CN1CCCC(O)(CO)C1)N1CCOc2ccccc21. The predicted octanol–water partition coefficient (Wildman–Crippen LogP) is 0.231. The number of carbonyl (C=O) groups is 1. The third kappa shape index (κ3) is 3.09. The van der Waals surface area contributed by atoms with Gasteiger partial charge in [-0.15, -0.1) is 0 Å². The lowest BCUT2D eigenvalue weighted by atomic mass is 9.94. The molecule has 120 valence electrons. The van der Waals surface area contributed by atoms with Crippen molar-refractivity contribution < 1.29 is 19.7 Å². The molecule has 0 bridgehead atoms. The van der Waals surface area contributed by atoms with Crippen LogP contribution in [0.2, 0.25) is 0 Å². The van der Waals surface area contributed by atoms with E-state index in [-0.39, 0.29) is 19.1 Å². The number of hydrogen-bond donors (Lipinski definition) is 2. The highest BCUT2D eigenvalue weighted by atomic mass is 16.5. The summed E-state index contributed by atoms with van der Waals surface area (Å²) in [6.07, 6.45) is 1.36. The Kier molecular flexibility index (Phi) is 4.33. The topological polar surface area (TPSA) is 73.2 Å². The molecule has 22 heavy (non-hydrogen) atoms. The average Bonchev–Trinajstić information content (AvgIpc) is 2.54. The Morgan fingerprint density at radius 1 is 1.32 bits per heavy atom. The minimum absolute atomic E-state index is 0.00191. The average molecular weight is 306 g/mol. The molecule has 0 spiro atoms. The van der Waals surface area contributed by atoms with Crippen LogP contribution in [0, 0.1) is 0 Å². The number of nitrogens with zero attached hydrogens (tertiary/aromatic N) is 2. The number of aliphatic hydroxyl groups is 2. The van der Waals surface area contributed by atoms with E-state index in [1.807, 2.05) is 29.2 Å². The molecule has 3 rings (SSSR count). The fraction of sp³-hybridized carbons (Fsp3) is 0.562. The summed E-state index contributed by atoms with van der Waals surface area (Å²) in [5.41, 5.74) is -0.283. The van der Waals surface area contributed by atoms with Gasteiger partial charge in [0.2, 0.25) is 5.91 Å². The Bertz CT molecular complexity index is 551. The number of likely N-dealkylation sites (tertiary alicyclic amines) is 1. The molecule has 0 aromatic heterocycles. The van der Waals surface area contributed by atoms with E-state index in [9.17, 15) is 15.0 Å². The monoisotopic (exact) mass is 306 g/mol. The lowest BCUT2D eigenvalue weighted by molar-refractivity contribution is -0.122. The first-order valence-electron chi connectivity index (χ1n) is 7.69. The maximum absolute atomic E-state index is 12.6. The zero-order valence-corrected chi connectivity index (χ0v) is 12.6. The molecule has 1 aromatic rings. The van der Waals surface area contributed by atoms with Crippen LogP contribution < -0.4 is 9.64 Å². The van der Waals surface area contributed by atoms with Crippen molar-refractivity contribution in [2.75, 3.05) is 44.3 Å². The number of aliphatic hydroxyl groups excluding tert-OH is 1. The first-order valence-corrected chi connectivity index (χ1v) is 7.69. The van der Waals surface area contributed by atoms with Crippen LogP contribution in [-0.4, -0.2) is 66.0 Å². The summed E-state index contributed by atoms with van der Waals surface area (Å²) in [4.78, 5) is 16.3. The minimum atomic E-state index is -1.08. The maximum Gasteiger partial charge on any atom is 0.241 e. The number of β-amino-alcohol motifs (C(OH)–C–C–N with tert-alkyl or cyclic N) is 1. The summed E-state index contributed by atoms with van der Waals surface area (Å²) in [5, 5.41) is 19.5. The van der Waals surface area contributed by atoms with Gasteiger partial charge in [-0.05, 0) is 31.5 Å². The Morgan fingerprint density at radius 2 is 2.14 bits per heavy atom. The molecule has 0 saturated carbocycles. The molecule has 2 heterocycles. The van der Waals surface area contributed by atoms with Gasteiger partial charge in [0.1, 0.15) is 18.0 Å². The molecule has 1 fully saturated rings. The van der Waals surface area contributed by atoms with Crippen LogP contribution in [0.15, 0.2) is 24.3 Å². The van der Waals surface area contributed by atoms with Gasteiger partial charge in [0.15, 0.2) is 0 Å². The van der Waals surface area contributed by atoms with Gasteiger partial charge in [0, 0.05) is 6.54 Å². The lowest BCUT2D eigenvalue weighted by Gasteiger charge is -2.39. The summed E-state index contributed by atoms with van der Waals surface area (Å²) in [6, 6.07) is 7.52. The summed E-state index contributed by atoms with van der Waals surface area (Å²) in [6.45, 7) is 2.10. The number of fused-ring (bicyclic) bond motifs is 1. The maximum atomic E-state index is 12.6. The molecule has 1 aromatic carbocycles. The molecular weight excluding hydrogens is 284 g/mol. The van der Waals surface area contributed by atoms with Crippen molar-refractivity contribution in [2.45, 2.75) is 18.4 Å². The molecule has 1 atom stereocenters. The number of hydrogen-bond acceptors (Lipinski definition) is 5. The van der Waals surface area contributed by atoms with Gasteiger partial charge < -0.3 is 19.8 Å². The van der Waals surface area contributed by atoms with Crippen LogP contribution >= 0.6 is 0 Å². The van der Waals surface area contributed by atoms with Crippen molar-refractivity contribution in [3.05, 3.63) is 24.3 Å². The molecule has 6 nitrogen and oxygen atoms in total. The van der Waals surface area contributed by atoms with Gasteiger partial charge in [0.25, 0.3) is 0 Å². The molecule has 2 N–H and O–H groups in total. The number of amides is 1. The van der Waals surface area contributed by atoms with Gasteiger partial charge >= 0.3 is 0 Å². The molecule has 2 aliphatic rings. The fourth-order valence-electron chi connectivity index (χ4n) is 3.18. The van der Waals surface area contributed by atoms with Crippen molar-refractivity contribution in [1.82, 2.24) is 4.90 Å². The first kappa shape index (κ1) is 15.3. The molecule has 2 aliphatic heterocycles. The second kappa shape index (κ2) is 6.24. The predicted molar refractivity (Wildman–Crippen MR) is 82.0 cm³/mol. The highest BCUT2D eigenvalue weighted by molar-refractivity contribution is 5.96. The molecule has 1 saturated heterocycles. The van der Waals surface area contributed by atoms with Crippen LogP contribution in [0.25, 0.3) is 0 Å². The summed E-state index contributed by atoms with van der Waals surface area (Å²) in [7, 11) is 0. The molecular formula is C16H22N2O4. The van der Waals surface area contributed by atoms with Crippen LogP contribution in [0.3, 0.4) is 0 Å². The standard InChI is InChI=1S/C16H22N2O4/c19-12-16(21)6-3-7-17(11-16)10-15(20)18-8-9-22-14-5-2-1-4-13(14)18/h1-2,4-5,19,21H,3,6-12H2. The van der Waals surface area contributed by atoms with E-state index in [2.05, 4.69) is 0 Å². The van der Waals surface area contributed by atoms with Crippen LogP contribution in [0.4, 0.5) is 5.69 Å². The summed E-state index contributed by atoms with van der Waals surface area (Å²) < 4.78 is 5.56. The van der Waals surface area contributed by atoms with Crippen molar-refractivity contribution in [3.63, 3.8) is 0 Å². The van der Waals surface area contributed by atoms with E-state index < -0.39 is 5.60 Å². The lowest BCUT2D eigenvalue weighted by Crippen LogP contribution is -2.53. The molecule has 0 aliphatic carbocycles. The van der Waals surface area contributed by atoms with Crippen molar-refractivity contribution in [1.29, 1.82) is 0 Å². The smallest absolute Gasteiger partial charge is 0.241 e. The molecule has 1 unspecified atom stereocenters. The zero-order valence-electron chi connectivity index (χ0n) is 12.6. The Balaban J connectivity index is 1.68. The van der Waals surface area contributed by atoms with Crippen molar-refractivity contribution in [3.8, 4) is 5.75 Å². The largest absolute Gasteiger partial charge is 0.490 e. The van der Waals surface area contributed by atoms with Gasteiger partial charge in [-0.2, -0.15) is 0 Å². The molecule has 1 amide bonds. The van der Waals surface area contributed by atoms with Crippen LogP contribution in [0.1, 0.15) is 12.8 Å². The van der Waals surface area contributed by atoms with Crippen molar-refractivity contribution >= 4 is 11.6 Å². The van der Waals surface area contributed by atoms with Gasteiger partial charge in [-0.1, -0.05) is 12.1 Å². The zero-order chi connectivity index (χ0) is 15.6. The van der Waals surface area contributed by atoms with Gasteiger partial charge in [0.05, 0.1) is 25.4 Å². The van der Waals surface area contributed by atoms with Gasteiger partial charge in [-0.25, -0.2) is 0 Å². The minimum Gasteiger partial charge on any atom is -0.490 e. The molecule has 6 heteroatoms. The van der Waals surface area contributed by atoms with E-state index in [1.165, 1.54) is 0 Å². The van der Waals surface area contributed by atoms with E-state index in [1.54, 1.807) is 4.90 Å². The quantitative estimate of drug-likeness (QED) is 0.836. The Labute approximate surface area is 129 Å². The van der Waals surface area contributed by atoms with E-state index >= 15 is 0 Å². The Morgan fingerprint density at radius 3 is 2.95 bits per heavy atom. The molecule has 0 radical (unpaired) electrons. The van der Waals surface area contributed by atoms with E-state index in [0.29, 0.717) is 26.1 Å². The van der Waals surface area contributed by atoms with E-state index in [0.717, 1.165) is 24.4 Å². The second-order valence-corrected chi connectivity index (χ2v) is 6.06. The van der Waals surface area contributed by atoms with Gasteiger partial charge in [-0.3, -0.25) is 9.69 Å². The number of piperidine rings is 1. The van der Waals surface area contributed by atoms with Crippen molar-refractivity contribution in [2.24, 2.45) is 0 Å². The number of rotatable bonds is 3.